The van der Waals surface area contributed by atoms with Crippen molar-refractivity contribution >= 4 is 23.2 Å². The van der Waals surface area contributed by atoms with E-state index < -0.39 is 0 Å². The minimum absolute atomic E-state index is 0.140. The first-order valence-corrected chi connectivity index (χ1v) is 9.96. The summed E-state index contributed by atoms with van der Waals surface area (Å²) in [6.45, 7) is 8.77. The monoisotopic (exact) mass is 397 g/mol. The molecule has 2 aromatic rings. The molecule has 2 amide bonds. The second-order valence-corrected chi connectivity index (χ2v) is 7.91. The molecule has 0 radical (unpaired) electrons. The first-order valence-electron chi connectivity index (χ1n) is 9.96. The standard InChI is InChI=1S/C23H31N3O3/c1-5-6-15-29-20-13-11-18(12-14-20)24-16-21(27)25-19-9-7-17(8-10-19)22(28)26-23(2,3)4/h7-14,24H,5-6,15-16H2,1-4H3,(H,25,27)(H,26,28). The Morgan fingerprint density at radius 2 is 1.55 bits per heavy atom. The third-order valence-electron chi connectivity index (χ3n) is 3.99. The molecule has 0 spiro atoms. The fourth-order valence-corrected chi connectivity index (χ4v) is 2.51. The molecule has 0 heterocycles. The van der Waals surface area contributed by atoms with Crippen molar-refractivity contribution in [3.05, 3.63) is 54.1 Å². The topological polar surface area (TPSA) is 79.5 Å². The largest absolute Gasteiger partial charge is 0.494 e. The highest BCUT2D eigenvalue weighted by Gasteiger charge is 2.15. The molecule has 0 saturated carbocycles. The molecular weight excluding hydrogens is 366 g/mol. The number of carbonyl (C=O) groups is 2. The molecule has 0 atom stereocenters. The van der Waals surface area contributed by atoms with Gasteiger partial charge in [0.25, 0.3) is 5.91 Å². The van der Waals surface area contributed by atoms with Crippen LogP contribution in [0.25, 0.3) is 0 Å². The summed E-state index contributed by atoms with van der Waals surface area (Å²) in [6.07, 6.45) is 2.13. The molecule has 3 N–H and O–H groups in total. The molecule has 0 aromatic heterocycles. The molecule has 2 rings (SSSR count). The first-order chi connectivity index (χ1) is 13.8. The third kappa shape index (κ3) is 8.25. The van der Waals surface area contributed by atoms with Crippen molar-refractivity contribution < 1.29 is 14.3 Å². The molecule has 0 fully saturated rings. The number of rotatable bonds is 9. The minimum Gasteiger partial charge on any atom is -0.494 e. The van der Waals surface area contributed by atoms with E-state index >= 15 is 0 Å². The fraction of sp³-hybridized carbons (Fsp3) is 0.391. The highest BCUT2D eigenvalue weighted by molar-refractivity contribution is 5.96. The lowest BCUT2D eigenvalue weighted by Gasteiger charge is -2.20. The number of amides is 2. The maximum Gasteiger partial charge on any atom is 0.251 e. The number of unbranched alkanes of at least 4 members (excludes halogenated alkanes) is 1. The maximum absolute atomic E-state index is 12.2. The Bertz CT molecular complexity index is 794. The molecule has 6 heteroatoms. The van der Waals surface area contributed by atoms with E-state index in [0.717, 1.165) is 24.3 Å². The van der Waals surface area contributed by atoms with Crippen LogP contribution in [0, 0.1) is 0 Å². The van der Waals surface area contributed by atoms with Crippen LogP contribution in [0.4, 0.5) is 11.4 Å². The molecule has 2 aromatic carbocycles. The van der Waals surface area contributed by atoms with Crippen molar-refractivity contribution in [2.45, 2.75) is 46.1 Å². The number of benzene rings is 2. The van der Waals surface area contributed by atoms with Crippen LogP contribution < -0.4 is 20.7 Å². The smallest absolute Gasteiger partial charge is 0.251 e. The van der Waals surface area contributed by atoms with Crippen LogP contribution in [-0.2, 0) is 4.79 Å². The van der Waals surface area contributed by atoms with E-state index in [-0.39, 0.29) is 23.9 Å². The van der Waals surface area contributed by atoms with Crippen LogP contribution >= 0.6 is 0 Å². The minimum atomic E-state index is -0.296. The number of nitrogens with one attached hydrogen (secondary N) is 3. The summed E-state index contributed by atoms with van der Waals surface area (Å²) in [5.74, 6) is 0.517. The molecule has 29 heavy (non-hydrogen) atoms. The predicted octanol–water partition coefficient (Wildman–Crippen LogP) is 4.44. The maximum atomic E-state index is 12.2. The summed E-state index contributed by atoms with van der Waals surface area (Å²) in [6, 6.07) is 14.4. The van der Waals surface area contributed by atoms with E-state index in [1.54, 1.807) is 24.3 Å². The van der Waals surface area contributed by atoms with Gasteiger partial charge in [0.15, 0.2) is 0 Å². The Hall–Kier alpha value is -3.02. The normalized spacial score (nSPS) is 10.9. The zero-order valence-electron chi connectivity index (χ0n) is 17.7. The Morgan fingerprint density at radius 1 is 0.931 bits per heavy atom. The Labute approximate surface area is 173 Å². The van der Waals surface area contributed by atoms with Gasteiger partial charge in [-0.15, -0.1) is 0 Å². The van der Waals surface area contributed by atoms with Crippen molar-refractivity contribution in [3.8, 4) is 5.75 Å². The van der Waals surface area contributed by atoms with Crippen LogP contribution in [-0.4, -0.2) is 30.5 Å². The van der Waals surface area contributed by atoms with Gasteiger partial charge in [0.2, 0.25) is 5.91 Å². The fourth-order valence-electron chi connectivity index (χ4n) is 2.51. The Morgan fingerprint density at radius 3 is 2.14 bits per heavy atom. The van der Waals surface area contributed by atoms with E-state index in [2.05, 4.69) is 22.9 Å². The van der Waals surface area contributed by atoms with Crippen LogP contribution in [0.3, 0.4) is 0 Å². The third-order valence-corrected chi connectivity index (χ3v) is 3.99. The lowest BCUT2D eigenvalue weighted by atomic mass is 10.1. The lowest BCUT2D eigenvalue weighted by molar-refractivity contribution is -0.114. The predicted molar refractivity (Wildman–Crippen MR) is 118 cm³/mol. The van der Waals surface area contributed by atoms with Crippen LogP contribution in [0.1, 0.15) is 50.9 Å². The van der Waals surface area contributed by atoms with Gasteiger partial charge in [-0.2, -0.15) is 0 Å². The van der Waals surface area contributed by atoms with Gasteiger partial charge < -0.3 is 20.7 Å². The van der Waals surface area contributed by atoms with Crippen molar-refractivity contribution in [1.82, 2.24) is 5.32 Å². The molecule has 0 bridgehead atoms. The average molecular weight is 398 g/mol. The number of hydrogen-bond acceptors (Lipinski definition) is 4. The van der Waals surface area contributed by atoms with Gasteiger partial charge in [-0.25, -0.2) is 0 Å². The van der Waals surface area contributed by atoms with Crippen LogP contribution in [0.5, 0.6) is 5.75 Å². The van der Waals surface area contributed by atoms with Gasteiger partial charge >= 0.3 is 0 Å². The van der Waals surface area contributed by atoms with Gasteiger partial charge in [0.1, 0.15) is 5.75 Å². The molecule has 0 aliphatic heterocycles. The molecule has 6 nitrogen and oxygen atoms in total. The molecule has 156 valence electrons. The van der Waals surface area contributed by atoms with E-state index in [9.17, 15) is 9.59 Å². The second-order valence-electron chi connectivity index (χ2n) is 7.91. The van der Waals surface area contributed by atoms with Gasteiger partial charge in [0.05, 0.1) is 13.2 Å². The van der Waals surface area contributed by atoms with E-state index in [4.69, 9.17) is 4.74 Å². The molecule has 0 saturated heterocycles. The van der Waals surface area contributed by atoms with Crippen molar-refractivity contribution in [2.75, 3.05) is 23.8 Å². The van der Waals surface area contributed by atoms with E-state index in [0.29, 0.717) is 17.9 Å². The highest BCUT2D eigenvalue weighted by Crippen LogP contribution is 2.16. The summed E-state index contributed by atoms with van der Waals surface area (Å²) >= 11 is 0. The SMILES string of the molecule is CCCCOc1ccc(NCC(=O)Nc2ccc(C(=O)NC(C)(C)C)cc2)cc1. The molecular formula is C23H31N3O3. The average Bonchev–Trinajstić information content (AvgIpc) is 2.67. The zero-order valence-corrected chi connectivity index (χ0v) is 17.7. The summed E-state index contributed by atoms with van der Waals surface area (Å²) in [7, 11) is 0. The molecule has 0 unspecified atom stereocenters. The van der Waals surface area contributed by atoms with E-state index in [1.165, 1.54) is 0 Å². The molecule has 0 aliphatic rings. The Balaban J connectivity index is 1.79. The van der Waals surface area contributed by atoms with Gasteiger partial charge in [-0.05, 0) is 75.7 Å². The van der Waals surface area contributed by atoms with E-state index in [1.807, 2.05) is 45.0 Å². The van der Waals surface area contributed by atoms with Crippen LogP contribution in [0.15, 0.2) is 48.5 Å². The zero-order chi connectivity index (χ0) is 21.3. The van der Waals surface area contributed by atoms with Crippen molar-refractivity contribution in [2.24, 2.45) is 0 Å². The van der Waals surface area contributed by atoms with Gasteiger partial charge in [-0.1, -0.05) is 13.3 Å². The quantitative estimate of drug-likeness (QED) is 0.547. The Kier molecular flexibility index (Phi) is 8.07. The van der Waals surface area contributed by atoms with Gasteiger partial charge in [0, 0.05) is 22.5 Å². The van der Waals surface area contributed by atoms with Crippen LogP contribution in [0.2, 0.25) is 0 Å². The van der Waals surface area contributed by atoms with Crippen molar-refractivity contribution in [3.63, 3.8) is 0 Å². The summed E-state index contributed by atoms with van der Waals surface area (Å²) < 4.78 is 5.62. The summed E-state index contributed by atoms with van der Waals surface area (Å²) in [4.78, 5) is 24.3. The number of hydrogen-bond donors (Lipinski definition) is 3. The highest BCUT2D eigenvalue weighted by atomic mass is 16.5. The number of ether oxygens (including phenoxy) is 1. The first kappa shape index (κ1) is 22.3. The number of carbonyl (C=O) groups excluding carboxylic acids is 2. The lowest BCUT2D eigenvalue weighted by Crippen LogP contribution is -2.40. The molecule has 0 aliphatic carbocycles. The summed E-state index contributed by atoms with van der Waals surface area (Å²) in [5, 5.41) is 8.80. The number of anilines is 2. The van der Waals surface area contributed by atoms with Crippen molar-refractivity contribution in [1.29, 1.82) is 0 Å². The van der Waals surface area contributed by atoms with Gasteiger partial charge in [-0.3, -0.25) is 9.59 Å². The summed E-state index contributed by atoms with van der Waals surface area (Å²) in [5.41, 5.74) is 1.74. The second kappa shape index (κ2) is 10.5.